The number of nitrogens with zero attached hydrogens (tertiary/aromatic N) is 5. The molecule has 6 nitrogen and oxygen atoms in total. The highest BCUT2D eigenvalue weighted by atomic mass is 16.5. The molecule has 3 aromatic heterocycles. The summed E-state index contributed by atoms with van der Waals surface area (Å²) in [6.45, 7) is 35.2. The van der Waals surface area contributed by atoms with Gasteiger partial charge >= 0.3 is 0 Å². The van der Waals surface area contributed by atoms with Crippen LogP contribution in [-0.4, -0.2) is 20.8 Å². The number of pyridine rings is 1. The summed E-state index contributed by atoms with van der Waals surface area (Å²) in [7, 11) is 0. The summed E-state index contributed by atoms with van der Waals surface area (Å²) in [5.74, 6) is 2.46. The highest BCUT2D eigenvalue weighted by Crippen LogP contribution is 2.53. The molecular formula is C68H73N5O. The second-order valence-corrected chi connectivity index (χ2v) is 25.9. The average molecular weight is 976 g/mol. The van der Waals surface area contributed by atoms with Crippen molar-refractivity contribution >= 4 is 55.6 Å². The standard InChI is InChI=1S/C68H73N5O/c1-64(2,3)45-31-32-69-60(38-45)72-56-29-22-30-57-61(56)62-58(72)40-51(41-59(62)73(57)68(13,14)15)74-50-26-21-25-49(39-50)70-42-71(55-28-20-19-27-54(55)70)63-52(43-23-17-16-18-24-43)36-48(67(10,11)12)37-53(63)44-33-46(65(4,5)6)35-47(34-44)66(7,8)9/h16-41H,42H2,1-15H3. The molecule has 6 heteroatoms. The third-order valence-electron chi connectivity index (χ3n) is 15.2. The zero-order valence-corrected chi connectivity index (χ0v) is 46.4. The Bertz CT molecular complexity index is 3730. The summed E-state index contributed by atoms with van der Waals surface area (Å²) < 4.78 is 11.9. The van der Waals surface area contributed by atoms with Crippen LogP contribution in [0.4, 0.5) is 22.7 Å². The Balaban J connectivity index is 1.06. The predicted molar refractivity (Wildman–Crippen MR) is 314 cm³/mol. The number of hydrogen-bond acceptors (Lipinski definition) is 4. The van der Waals surface area contributed by atoms with Gasteiger partial charge in [0, 0.05) is 57.5 Å². The van der Waals surface area contributed by atoms with Crippen LogP contribution in [0.3, 0.4) is 0 Å². The number of fused-ring (bicyclic) bond motifs is 1. The van der Waals surface area contributed by atoms with Crippen molar-refractivity contribution in [2.45, 2.75) is 131 Å². The molecular weight excluding hydrogens is 903 g/mol. The van der Waals surface area contributed by atoms with Crippen molar-refractivity contribution in [2.75, 3.05) is 16.5 Å². The minimum atomic E-state index is -0.187. The zero-order chi connectivity index (χ0) is 52.4. The number of ether oxygens (including phenoxy) is 1. The van der Waals surface area contributed by atoms with Gasteiger partial charge in [-0.2, -0.15) is 0 Å². The van der Waals surface area contributed by atoms with Gasteiger partial charge in [0.15, 0.2) is 0 Å². The first-order valence-corrected chi connectivity index (χ1v) is 26.6. The van der Waals surface area contributed by atoms with Crippen LogP contribution in [0.15, 0.2) is 158 Å². The molecule has 0 bridgehead atoms. The Morgan fingerprint density at radius 1 is 0.419 bits per heavy atom. The molecule has 1 aliphatic rings. The van der Waals surface area contributed by atoms with Gasteiger partial charge < -0.3 is 19.1 Å². The molecule has 0 fully saturated rings. The number of rotatable bonds is 7. The molecule has 74 heavy (non-hydrogen) atoms. The highest BCUT2D eigenvalue weighted by molar-refractivity contribution is 6.25. The maximum atomic E-state index is 7.12. The fourth-order valence-corrected chi connectivity index (χ4v) is 11.2. The molecule has 1 aliphatic heterocycles. The maximum absolute atomic E-state index is 7.12. The van der Waals surface area contributed by atoms with Crippen LogP contribution in [-0.2, 0) is 27.2 Å². The van der Waals surface area contributed by atoms with Gasteiger partial charge in [-0.1, -0.05) is 156 Å². The van der Waals surface area contributed by atoms with Crippen LogP contribution in [0.1, 0.15) is 126 Å². The van der Waals surface area contributed by atoms with Crippen molar-refractivity contribution in [2.24, 2.45) is 0 Å². The largest absolute Gasteiger partial charge is 0.457 e. The van der Waals surface area contributed by atoms with E-state index in [2.05, 4.69) is 274 Å². The summed E-state index contributed by atoms with van der Waals surface area (Å²) in [4.78, 5) is 10.0. The summed E-state index contributed by atoms with van der Waals surface area (Å²) in [6, 6.07) is 56.3. The minimum Gasteiger partial charge on any atom is -0.457 e. The van der Waals surface area contributed by atoms with Crippen LogP contribution < -0.4 is 14.5 Å². The van der Waals surface area contributed by atoms with E-state index in [9.17, 15) is 0 Å². The molecule has 0 amide bonds. The van der Waals surface area contributed by atoms with Crippen molar-refractivity contribution in [1.82, 2.24) is 14.1 Å². The molecule has 0 saturated carbocycles. The van der Waals surface area contributed by atoms with E-state index >= 15 is 0 Å². The molecule has 0 spiro atoms. The molecule has 376 valence electrons. The molecule has 0 radical (unpaired) electrons. The molecule has 4 heterocycles. The Labute approximate surface area is 439 Å². The van der Waals surface area contributed by atoms with Gasteiger partial charge in [0.05, 0.1) is 39.1 Å². The van der Waals surface area contributed by atoms with Crippen molar-refractivity contribution in [1.29, 1.82) is 0 Å². The third-order valence-corrected chi connectivity index (χ3v) is 15.2. The number of aromatic nitrogens is 3. The van der Waals surface area contributed by atoms with Gasteiger partial charge in [-0.3, -0.25) is 4.57 Å². The second kappa shape index (κ2) is 17.1. The summed E-state index contributed by atoms with van der Waals surface area (Å²) >= 11 is 0. The van der Waals surface area contributed by atoms with E-state index in [0.717, 1.165) is 50.9 Å². The van der Waals surface area contributed by atoms with E-state index in [-0.39, 0.29) is 27.2 Å². The number of benzene rings is 7. The number of anilines is 4. The second-order valence-electron chi connectivity index (χ2n) is 25.9. The quantitative estimate of drug-likeness (QED) is 0.160. The van der Waals surface area contributed by atoms with Gasteiger partial charge in [-0.15, -0.1) is 0 Å². The molecule has 7 aromatic carbocycles. The lowest BCUT2D eigenvalue weighted by atomic mass is 9.77. The molecule has 0 N–H and O–H groups in total. The molecule has 0 atom stereocenters. The van der Waals surface area contributed by atoms with Crippen molar-refractivity contribution < 1.29 is 4.74 Å². The van der Waals surface area contributed by atoms with Crippen LogP contribution in [0.25, 0.3) is 60.9 Å². The van der Waals surface area contributed by atoms with Gasteiger partial charge in [-0.05, 0) is 136 Å². The third kappa shape index (κ3) is 8.50. The van der Waals surface area contributed by atoms with Gasteiger partial charge in [0.2, 0.25) is 0 Å². The Morgan fingerprint density at radius 2 is 0.973 bits per heavy atom. The van der Waals surface area contributed by atoms with E-state index in [1.165, 1.54) is 66.5 Å². The highest BCUT2D eigenvalue weighted by Gasteiger charge is 2.34. The lowest BCUT2D eigenvalue weighted by molar-refractivity contribution is 0.422. The van der Waals surface area contributed by atoms with E-state index in [1.807, 2.05) is 6.20 Å². The van der Waals surface area contributed by atoms with Crippen LogP contribution in [0, 0.1) is 0 Å². The van der Waals surface area contributed by atoms with Crippen molar-refractivity contribution in [3.8, 4) is 39.6 Å². The average Bonchev–Trinajstić information content (AvgIpc) is 4.02. The zero-order valence-electron chi connectivity index (χ0n) is 46.4. The number of hydrogen-bond donors (Lipinski definition) is 0. The van der Waals surface area contributed by atoms with Gasteiger partial charge in [-0.25, -0.2) is 4.98 Å². The first-order chi connectivity index (χ1) is 34.8. The monoisotopic (exact) mass is 976 g/mol. The fraction of sp³-hybridized carbons (Fsp3) is 0.309. The smallest absolute Gasteiger partial charge is 0.137 e. The molecule has 0 saturated heterocycles. The van der Waals surface area contributed by atoms with Crippen molar-refractivity contribution in [3.05, 3.63) is 180 Å². The first-order valence-electron chi connectivity index (χ1n) is 26.6. The van der Waals surface area contributed by atoms with Gasteiger partial charge in [0.1, 0.15) is 24.0 Å². The Hall–Kier alpha value is -7.31. The Kier molecular flexibility index (Phi) is 11.3. The maximum Gasteiger partial charge on any atom is 0.137 e. The Morgan fingerprint density at radius 3 is 1.61 bits per heavy atom. The van der Waals surface area contributed by atoms with E-state index in [1.54, 1.807) is 0 Å². The van der Waals surface area contributed by atoms with E-state index < -0.39 is 0 Å². The topological polar surface area (TPSA) is 38.5 Å². The molecule has 0 aliphatic carbocycles. The van der Waals surface area contributed by atoms with Crippen LogP contribution >= 0.6 is 0 Å². The lowest BCUT2D eigenvalue weighted by Gasteiger charge is -2.31. The minimum absolute atomic E-state index is 0.0311. The summed E-state index contributed by atoms with van der Waals surface area (Å²) in [5.41, 5.74) is 18.9. The van der Waals surface area contributed by atoms with Crippen LogP contribution in [0.2, 0.25) is 0 Å². The number of para-hydroxylation sites is 2. The van der Waals surface area contributed by atoms with E-state index in [0.29, 0.717) is 6.67 Å². The van der Waals surface area contributed by atoms with Crippen molar-refractivity contribution in [3.63, 3.8) is 0 Å². The van der Waals surface area contributed by atoms with Gasteiger partial charge in [0.25, 0.3) is 0 Å². The normalized spacial score (nSPS) is 13.8. The predicted octanol–water partition coefficient (Wildman–Crippen LogP) is 18.9. The SMILES string of the molecule is CC(C)(C)c1cc(-c2cc(C(C)(C)C)cc(-c3ccccc3)c2N2CN(c3cccc(Oc4cc5c6c7c(cccc7n(C(C)(C)C)c6c4)n5-c4cc(C(C)(C)C)ccn4)c3)c3ccccc32)cc(C(C)(C)C)c1. The molecule has 11 rings (SSSR count). The van der Waals surface area contributed by atoms with Crippen LogP contribution in [0.5, 0.6) is 11.5 Å². The summed E-state index contributed by atoms with van der Waals surface area (Å²) in [5, 5.41) is 2.48. The molecule has 0 unspecified atom stereocenters. The first kappa shape index (κ1) is 48.9. The fourth-order valence-electron chi connectivity index (χ4n) is 11.2. The lowest BCUT2D eigenvalue weighted by Crippen LogP contribution is -2.25. The molecule has 10 aromatic rings. The summed E-state index contributed by atoms with van der Waals surface area (Å²) in [6.07, 6.45) is 1.95. The van der Waals surface area contributed by atoms with E-state index in [4.69, 9.17) is 9.72 Å².